The van der Waals surface area contributed by atoms with Crippen LogP contribution in [0.1, 0.15) is 30.4 Å². The fourth-order valence-corrected chi connectivity index (χ4v) is 4.27. The molecular formula is C26H30N2O. The predicted molar refractivity (Wildman–Crippen MR) is 119 cm³/mol. The van der Waals surface area contributed by atoms with Gasteiger partial charge in [-0.05, 0) is 67.4 Å². The van der Waals surface area contributed by atoms with Gasteiger partial charge in [-0.1, -0.05) is 60.7 Å². The first kappa shape index (κ1) is 19.7. The average molecular weight is 387 g/mol. The summed E-state index contributed by atoms with van der Waals surface area (Å²) in [7, 11) is 1.70. The first-order chi connectivity index (χ1) is 14.3. The molecule has 2 heterocycles. The zero-order valence-electron chi connectivity index (χ0n) is 17.3. The van der Waals surface area contributed by atoms with Crippen LogP contribution in [-0.4, -0.2) is 30.1 Å². The van der Waals surface area contributed by atoms with Crippen LogP contribution in [-0.2, 0) is 13.0 Å². The van der Waals surface area contributed by atoms with Crippen molar-refractivity contribution in [3.63, 3.8) is 0 Å². The third-order valence-electron chi connectivity index (χ3n) is 6.05. The van der Waals surface area contributed by atoms with E-state index in [9.17, 15) is 0 Å². The zero-order valence-corrected chi connectivity index (χ0v) is 17.3. The van der Waals surface area contributed by atoms with Crippen LogP contribution in [0.4, 0.5) is 0 Å². The number of rotatable bonds is 7. The summed E-state index contributed by atoms with van der Waals surface area (Å²) in [5, 5.41) is 0. The molecule has 0 unspecified atom stereocenters. The van der Waals surface area contributed by atoms with E-state index in [0.29, 0.717) is 0 Å². The third-order valence-corrected chi connectivity index (χ3v) is 6.05. The summed E-state index contributed by atoms with van der Waals surface area (Å²) in [5.74, 6) is 1.59. The van der Waals surface area contributed by atoms with E-state index in [1.54, 1.807) is 13.3 Å². The molecule has 3 heteroatoms. The molecule has 1 aromatic heterocycles. The Labute approximate surface area is 174 Å². The molecule has 150 valence electrons. The van der Waals surface area contributed by atoms with Crippen molar-refractivity contribution in [3.05, 3.63) is 84.1 Å². The Morgan fingerprint density at radius 2 is 1.62 bits per heavy atom. The minimum atomic E-state index is 0.758. The highest BCUT2D eigenvalue weighted by Crippen LogP contribution is 2.26. The van der Waals surface area contributed by atoms with Gasteiger partial charge in [-0.15, -0.1) is 0 Å². The van der Waals surface area contributed by atoms with Crippen molar-refractivity contribution in [1.82, 2.24) is 9.88 Å². The van der Waals surface area contributed by atoms with Crippen molar-refractivity contribution >= 4 is 0 Å². The molecule has 1 aliphatic rings. The molecule has 0 aliphatic carbocycles. The van der Waals surface area contributed by atoms with Gasteiger partial charge < -0.3 is 4.74 Å². The largest absolute Gasteiger partial charge is 0.481 e. The molecule has 0 saturated carbocycles. The Morgan fingerprint density at radius 1 is 0.897 bits per heavy atom. The molecule has 0 spiro atoms. The lowest BCUT2D eigenvalue weighted by atomic mass is 9.90. The molecule has 0 amide bonds. The molecule has 0 atom stereocenters. The van der Waals surface area contributed by atoms with Crippen molar-refractivity contribution in [2.45, 2.75) is 32.2 Å². The Morgan fingerprint density at radius 3 is 2.34 bits per heavy atom. The Hall–Kier alpha value is -2.65. The Bertz CT molecular complexity index is 884. The van der Waals surface area contributed by atoms with E-state index in [4.69, 9.17) is 4.74 Å². The first-order valence-electron chi connectivity index (χ1n) is 10.7. The number of pyridine rings is 1. The van der Waals surface area contributed by atoms with Gasteiger partial charge in [0.2, 0.25) is 5.88 Å². The number of likely N-dealkylation sites (tertiary alicyclic amines) is 1. The van der Waals surface area contributed by atoms with Crippen LogP contribution in [0.2, 0.25) is 0 Å². The summed E-state index contributed by atoms with van der Waals surface area (Å²) in [4.78, 5) is 6.85. The van der Waals surface area contributed by atoms with Crippen LogP contribution in [0, 0.1) is 5.92 Å². The van der Waals surface area contributed by atoms with E-state index in [2.05, 4.69) is 70.5 Å². The van der Waals surface area contributed by atoms with Gasteiger partial charge in [0, 0.05) is 18.3 Å². The average Bonchev–Trinajstić information content (AvgIpc) is 2.80. The van der Waals surface area contributed by atoms with Crippen LogP contribution in [0.25, 0.3) is 11.1 Å². The van der Waals surface area contributed by atoms with E-state index >= 15 is 0 Å². The zero-order chi connectivity index (χ0) is 19.9. The summed E-state index contributed by atoms with van der Waals surface area (Å²) in [6.07, 6.45) is 6.82. The lowest BCUT2D eigenvalue weighted by molar-refractivity contribution is 0.170. The highest BCUT2D eigenvalue weighted by Gasteiger charge is 2.20. The van der Waals surface area contributed by atoms with Gasteiger partial charge in [0.05, 0.1) is 7.11 Å². The van der Waals surface area contributed by atoms with E-state index in [-0.39, 0.29) is 0 Å². The first-order valence-corrected chi connectivity index (χ1v) is 10.7. The van der Waals surface area contributed by atoms with Gasteiger partial charge in [0.25, 0.3) is 0 Å². The minimum absolute atomic E-state index is 0.758. The molecule has 29 heavy (non-hydrogen) atoms. The number of aryl methyl sites for hydroxylation is 1. The highest BCUT2D eigenvalue weighted by molar-refractivity contribution is 5.63. The fraction of sp³-hybridized carbons (Fsp3) is 0.346. The third kappa shape index (κ3) is 5.24. The molecule has 1 saturated heterocycles. The van der Waals surface area contributed by atoms with Crippen molar-refractivity contribution in [2.24, 2.45) is 5.92 Å². The maximum atomic E-state index is 5.39. The second-order valence-electron chi connectivity index (χ2n) is 7.99. The van der Waals surface area contributed by atoms with Crippen molar-refractivity contribution in [3.8, 4) is 17.0 Å². The summed E-state index contributed by atoms with van der Waals surface area (Å²) >= 11 is 0. The van der Waals surface area contributed by atoms with Crippen LogP contribution >= 0.6 is 0 Å². The quantitative estimate of drug-likeness (QED) is 0.528. The molecular weight excluding hydrogens is 356 g/mol. The second kappa shape index (κ2) is 9.71. The molecule has 4 rings (SSSR count). The number of hydrogen-bond acceptors (Lipinski definition) is 3. The van der Waals surface area contributed by atoms with Crippen molar-refractivity contribution in [2.75, 3.05) is 20.2 Å². The summed E-state index contributed by atoms with van der Waals surface area (Å²) in [5.41, 5.74) is 5.23. The fourth-order valence-electron chi connectivity index (χ4n) is 4.27. The monoisotopic (exact) mass is 386 g/mol. The predicted octanol–water partition coefficient (Wildman–Crippen LogP) is 5.60. The smallest absolute Gasteiger partial charge is 0.217 e. The Kier molecular flexibility index (Phi) is 6.58. The van der Waals surface area contributed by atoms with E-state index < -0.39 is 0 Å². The lowest BCUT2D eigenvalue weighted by Gasteiger charge is -2.32. The highest BCUT2D eigenvalue weighted by atomic mass is 16.5. The van der Waals surface area contributed by atoms with Gasteiger partial charge in [-0.3, -0.25) is 4.90 Å². The van der Waals surface area contributed by atoms with Crippen LogP contribution in [0.3, 0.4) is 0 Å². The Balaban J connectivity index is 1.24. The van der Waals surface area contributed by atoms with Crippen molar-refractivity contribution in [1.29, 1.82) is 0 Å². The number of benzene rings is 2. The molecule has 3 nitrogen and oxygen atoms in total. The van der Waals surface area contributed by atoms with Gasteiger partial charge in [0.1, 0.15) is 0 Å². The number of piperidine rings is 1. The van der Waals surface area contributed by atoms with Gasteiger partial charge >= 0.3 is 0 Å². The maximum absolute atomic E-state index is 5.39. The minimum Gasteiger partial charge on any atom is -0.481 e. The van der Waals surface area contributed by atoms with E-state index in [0.717, 1.165) is 31.4 Å². The van der Waals surface area contributed by atoms with Crippen LogP contribution in [0.15, 0.2) is 72.9 Å². The van der Waals surface area contributed by atoms with Gasteiger partial charge in [-0.25, -0.2) is 4.98 Å². The van der Waals surface area contributed by atoms with E-state index in [1.165, 1.54) is 47.9 Å². The normalized spacial score (nSPS) is 15.3. The molecule has 2 aromatic carbocycles. The maximum Gasteiger partial charge on any atom is 0.217 e. The summed E-state index contributed by atoms with van der Waals surface area (Å²) in [6, 6.07) is 23.8. The number of aromatic nitrogens is 1. The molecule has 3 aromatic rings. The van der Waals surface area contributed by atoms with Gasteiger partial charge in [-0.2, -0.15) is 0 Å². The standard InChI is InChI=1S/C26H30N2O/c1-29-26-25(8-5-17-27-26)20-28-18-15-22(16-19-28)10-9-21-11-13-24(14-12-21)23-6-3-2-4-7-23/h2-8,11-14,17,22H,9-10,15-16,18-20H2,1H3. The molecule has 0 radical (unpaired) electrons. The van der Waals surface area contributed by atoms with Gasteiger partial charge in [0.15, 0.2) is 0 Å². The SMILES string of the molecule is COc1ncccc1CN1CCC(CCc2ccc(-c3ccccc3)cc2)CC1. The summed E-state index contributed by atoms with van der Waals surface area (Å²) < 4.78 is 5.39. The second-order valence-corrected chi connectivity index (χ2v) is 7.99. The van der Waals surface area contributed by atoms with Crippen LogP contribution < -0.4 is 4.74 Å². The molecule has 0 bridgehead atoms. The molecule has 0 N–H and O–H groups in total. The number of nitrogens with zero attached hydrogens (tertiary/aromatic N) is 2. The van der Waals surface area contributed by atoms with Crippen LogP contribution in [0.5, 0.6) is 5.88 Å². The summed E-state index contributed by atoms with van der Waals surface area (Å²) in [6.45, 7) is 3.26. The van der Waals surface area contributed by atoms with Crippen molar-refractivity contribution < 1.29 is 4.74 Å². The number of hydrogen-bond donors (Lipinski definition) is 0. The topological polar surface area (TPSA) is 25.4 Å². The number of methoxy groups -OCH3 is 1. The lowest BCUT2D eigenvalue weighted by Crippen LogP contribution is -2.33. The van der Waals surface area contributed by atoms with E-state index in [1.807, 2.05) is 6.07 Å². The molecule has 1 aliphatic heterocycles. The molecule has 1 fully saturated rings. The number of ether oxygens (including phenoxy) is 1.